The number of carbonyl (C=O) groups is 4. The molecule has 0 spiro atoms. The van der Waals surface area contributed by atoms with E-state index >= 15 is 0 Å². The second kappa shape index (κ2) is 9.67. The molecule has 9 N–H and O–H groups in total. The van der Waals surface area contributed by atoms with Crippen LogP contribution in [0.15, 0.2) is 29.0 Å². The van der Waals surface area contributed by atoms with Gasteiger partial charge in [-0.05, 0) is 38.1 Å². The second-order valence-corrected chi connectivity index (χ2v) is 10.4. The van der Waals surface area contributed by atoms with Crippen LogP contribution in [0.25, 0.3) is 5.76 Å². The van der Waals surface area contributed by atoms with E-state index in [0.717, 1.165) is 0 Å². The van der Waals surface area contributed by atoms with Crippen LogP contribution in [0.1, 0.15) is 37.3 Å². The number of nitrogens with zero attached hydrogens (tertiary/aromatic N) is 1. The second-order valence-electron chi connectivity index (χ2n) is 10.4. The molecule has 4 rings (SSSR count). The number of aliphatic hydroxyl groups excluding tert-OH is 3. The van der Waals surface area contributed by atoms with Crippen LogP contribution in [0.2, 0.25) is 0 Å². The van der Waals surface area contributed by atoms with E-state index in [1.165, 1.54) is 31.1 Å². The van der Waals surface area contributed by atoms with Crippen molar-refractivity contribution in [3.05, 3.63) is 40.2 Å². The number of anilines is 1. The predicted octanol–water partition coefficient (Wildman–Crippen LogP) is 0.0273. The highest BCUT2D eigenvalue weighted by molar-refractivity contribution is 6.24. The van der Waals surface area contributed by atoms with Crippen molar-refractivity contribution in [2.75, 3.05) is 26.0 Å². The minimum absolute atomic E-state index is 0.0739. The minimum Gasteiger partial charge on any atom is -0.508 e. The number of Topliss-reactive ketones (excluding diaryl/α,β-unsaturated/α-hetero) is 2. The number of phenolic OH excluding ortho intramolecular Hbond substituents is 1. The van der Waals surface area contributed by atoms with Crippen LogP contribution in [-0.4, -0.2) is 92.3 Å². The summed E-state index contributed by atoms with van der Waals surface area (Å²) in [7, 11) is 2.87. The molecule has 3 aliphatic rings. The van der Waals surface area contributed by atoms with Crippen LogP contribution in [0, 0.1) is 11.8 Å². The SMILES string of the molecule is CCCNC(=O)Nc1ccc2c(c1O)C(O)=C1C(=O)[C@]3(O)C(O)=C(C(N)=O)C(=O)[C@@H](N(C)C)[C@@H]3[C@H](O)[C@H]1[C@H]2C. The molecule has 0 aliphatic heterocycles. The number of primary amides is 1. The molecule has 0 radical (unpaired) electrons. The number of fused-ring (bicyclic) bond motifs is 3. The van der Waals surface area contributed by atoms with Gasteiger partial charge in [-0.1, -0.05) is 19.9 Å². The third-order valence-corrected chi connectivity index (χ3v) is 7.91. The Morgan fingerprint density at radius 1 is 1.15 bits per heavy atom. The lowest BCUT2D eigenvalue weighted by Gasteiger charge is -2.53. The third-order valence-electron chi connectivity index (χ3n) is 7.91. The van der Waals surface area contributed by atoms with Gasteiger partial charge in [-0.15, -0.1) is 0 Å². The Kier molecular flexibility index (Phi) is 6.96. The van der Waals surface area contributed by atoms with Gasteiger partial charge in [0.15, 0.2) is 11.4 Å². The summed E-state index contributed by atoms with van der Waals surface area (Å²) in [5, 5.41) is 61.6. The monoisotopic (exact) mass is 544 g/mol. The van der Waals surface area contributed by atoms with Crippen molar-refractivity contribution in [1.82, 2.24) is 10.2 Å². The molecule has 0 saturated heterocycles. The van der Waals surface area contributed by atoms with Crippen LogP contribution in [0.5, 0.6) is 5.75 Å². The highest BCUT2D eigenvalue weighted by atomic mass is 16.4. The number of hydrogen-bond acceptors (Lipinski definition) is 10. The maximum Gasteiger partial charge on any atom is 0.319 e. The van der Waals surface area contributed by atoms with E-state index in [-0.39, 0.29) is 11.3 Å². The van der Waals surface area contributed by atoms with E-state index < -0.39 is 87.4 Å². The Morgan fingerprint density at radius 2 is 1.79 bits per heavy atom. The molecule has 0 heterocycles. The van der Waals surface area contributed by atoms with Crippen molar-refractivity contribution in [1.29, 1.82) is 0 Å². The lowest BCUT2D eigenvalue weighted by atomic mass is 9.54. The molecule has 3 aliphatic carbocycles. The summed E-state index contributed by atoms with van der Waals surface area (Å²) in [6.07, 6.45) is -1.01. The molecule has 0 bridgehead atoms. The van der Waals surface area contributed by atoms with Gasteiger partial charge in [0, 0.05) is 18.0 Å². The summed E-state index contributed by atoms with van der Waals surface area (Å²) in [6, 6.07) is 0.879. The van der Waals surface area contributed by atoms with Gasteiger partial charge in [0.25, 0.3) is 5.91 Å². The van der Waals surface area contributed by atoms with Gasteiger partial charge in [0.1, 0.15) is 22.8 Å². The van der Waals surface area contributed by atoms with Crippen molar-refractivity contribution in [2.45, 2.75) is 43.9 Å². The molecule has 1 fully saturated rings. The molecule has 6 atom stereocenters. The van der Waals surface area contributed by atoms with Gasteiger partial charge >= 0.3 is 6.03 Å². The van der Waals surface area contributed by atoms with Crippen molar-refractivity contribution in [3.63, 3.8) is 0 Å². The van der Waals surface area contributed by atoms with Crippen molar-refractivity contribution < 1.29 is 44.7 Å². The molecule has 3 amide bonds. The molecule has 210 valence electrons. The fourth-order valence-electron chi connectivity index (χ4n) is 6.12. The number of hydrogen-bond donors (Lipinski definition) is 8. The zero-order valence-electron chi connectivity index (χ0n) is 21.8. The highest BCUT2D eigenvalue weighted by Gasteiger charge is 2.68. The number of likely N-dealkylation sites (N-methyl/N-ethyl adjacent to an activating group) is 1. The van der Waals surface area contributed by atoms with E-state index in [1.807, 2.05) is 6.92 Å². The average molecular weight is 545 g/mol. The van der Waals surface area contributed by atoms with Crippen molar-refractivity contribution >= 4 is 35.0 Å². The highest BCUT2D eigenvalue weighted by Crippen LogP contribution is 2.56. The van der Waals surface area contributed by atoms with Gasteiger partial charge in [-0.2, -0.15) is 0 Å². The molecule has 39 heavy (non-hydrogen) atoms. The molecule has 1 saturated carbocycles. The first-order valence-corrected chi connectivity index (χ1v) is 12.4. The number of carbonyl (C=O) groups excluding carboxylic acids is 4. The molecular formula is C26H32N4O9. The smallest absolute Gasteiger partial charge is 0.319 e. The summed E-state index contributed by atoms with van der Waals surface area (Å²) in [5.41, 5.74) is 0.872. The van der Waals surface area contributed by atoms with Crippen molar-refractivity contribution in [2.24, 2.45) is 17.6 Å². The molecule has 13 nitrogen and oxygen atoms in total. The fourth-order valence-corrected chi connectivity index (χ4v) is 6.12. The van der Waals surface area contributed by atoms with Crippen LogP contribution >= 0.6 is 0 Å². The summed E-state index contributed by atoms with van der Waals surface area (Å²) in [5.74, 6) is -9.80. The predicted molar refractivity (Wildman–Crippen MR) is 138 cm³/mol. The lowest BCUT2D eigenvalue weighted by molar-refractivity contribution is -0.169. The summed E-state index contributed by atoms with van der Waals surface area (Å²) in [4.78, 5) is 52.7. The van der Waals surface area contributed by atoms with Gasteiger partial charge in [-0.3, -0.25) is 19.3 Å². The number of amides is 3. The largest absolute Gasteiger partial charge is 0.508 e. The number of nitrogens with one attached hydrogen (secondary N) is 2. The molecule has 0 unspecified atom stereocenters. The van der Waals surface area contributed by atoms with Crippen molar-refractivity contribution in [3.8, 4) is 5.75 Å². The number of nitrogens with two attached hydrogens (primary N) is 1. The number of aliphatic hydroxyl groups is 4. The van der Waals surface area contributed by atoms with Gasteiger partial charge in [0.05, 0.1) is 29.3 Å². The Bertz CT molecular complexity index is 1350. The summed E-state index contributed by atoms with van der Waals surface area (Å²) >= 11 is 0. The topological polar surface area (TPSA) is 223 Å². The normalized spacial score (nSPS) is 30.1. The molecule has 1 aromatic carbocycles. The number of ketones is 2. The van der Waals surface area contributed by atoms with Gasteiger partial charge in [-0.25, -0.2) is 4.79 Å². The van der Waals surface area contributed by atoms with Gasteiger partial charge in [0.2, 0.25) is 5.78 Å². The van der Waals surface area contributed by atoms with Crippen LogP contribution in [0.3, 0.4) is 0 Å². The van der Waals surface area contributed by atoms with E-state index in [2.05, 4.69) is 10.6 Å². The Morgan fingerprint density at radius 3 is 2.36 bits per heavy atom. The van der Waals surface area contributed by atoms with Crippen LogP contribution in [-0.2, 0) is 14.4 Å². The number of phenols is 1. The number of aromatic hydroxyl groups is 1. The lowest BCUT2D eigenvalue weighted by Crippen LogP contribution is -2.70. The minimum atomic E-state index is -2.99. The van der Waals surface area contributed by atoms with E-state index in [1.54, 1.807) is 6.92 Å². The Balaban J connectivity index is 1.94. The third kappa shape index (κ3) is 3.87. The zero-order valence-corrected chi connectivity index (χ0v) is 21.8. The van der Waals surface area contributed by atoms with Crippen LogP contribution < -0.4 is 16.4 Å². The fraction of sp³-hybridized carbons (Fsp3) is 0.462. The molecule has 13 heteroatoms. The first-order chi connectivity index (χ1) is 18.2. The van der Waals surface area contributed by atoms with Crippen LogP contribution in [0.4, 0.5) is 10.5 Å². The van der Waals surface area contributed by atoms with E-state index in [9.17, 15) is 44.7 Å². The molecule has 1 aromatic rings. The maximum absolute atomic E-state index is 14.0. The standard InChI is InChI=1S/C26H32N4O9/c1-5-8-28-25(38)29-11-7-6-10-9(2)12-14(19(32)13(10)18(11)31)22(35)26(39)16(20(12)33)17(30(3)4)21(34)15(23(26)36)24(27)37/h6-7,9,12,16-17,20,31-33,36,39H,5,8H2,1-4H3,(H2,27,37)(H2,28,29,38)/t9-,12-,16+,17-,20+,26-/m0/s1. The molecule has 0 aromatic heterocycles. The average Bonchev–Trinajstić information content (AvgIpc) is 2.85. The van der Waals surface area contributed by atoms with Gasteiger partial charge < -0.3 is 41.9 Å². The zero-order chi connectivity index (χ0) is 29.1. The first kappa shape index (κ1) is 28.1. The van der Waals surface area contributed by atoms with E-state index in [0.29, 0.717) is 18.5 Å². The Hall–Kier alpha value is -3.94. The Labute approximate surface area is 223 Å². The number of urea groups is 1. The maximum atomic E-state index is 14.0. The molecular weight excluding hydrogens is 512 g/mol. The first-order valence-electron chi connectivity index (χ1n) is 12.4. The summed E-state index contributed by atoms with van der Waals surface area (Å²) in [6.45, 7) is 3.85. The number of benzene rings is 1. The quantitative estimate of drug-likeness (QED) is 0.183. The number of rotatable bonds is 5. The summed E-state index contributed by atoms with van der Waals surface area (Å²) < 4.78 is 0. The van der Waals surface area contributed by atoms with E-state index in [4.69, 9.17) is 5.73 Å².